The highest BCUT2D eigenvalue weighted by molar-refractivity contribution is 5.35. The lowest BCUT2D eigenvalue weighted by molar-refractivity contribution is 0.279. The van der Waals surface area contributed by atoms with Gasteiger partial charge in [0.05, 0.1) is 5.70 Å². The summed E-state index contributed by atoms with van der Waals surface area (Å²) in [5.74, 6) is 0. The summed E-state index contributed by atoms with van der Waals surface area (Å²) < 4.78 is 5.68. The van der Waals surface area contributed by atoms with Gasteiger partial charge in [-0.05, 0) is 30.9 Å². The molecule has 0 atom stereocenters. The van der Waals surface area contributed by atoms with Crippen molar-refractivity contribution >= 4 is 0 Å². The molecule has 1 saturated heterocycles. The quantitative estimate of drug-likeness (QED) is 0.772. The van der Waals surface area contributed by atoms with Crippen molar-refractivity contribution in [3.63, 3.8) is 0 Å². The van der Waals surface area contributed by atoms with E-state index < -0.39 is 0 Å². The van der Waals surface area contributed by atoms with Crippen molar-refractivity contribution in [1.29, 1.82) is 0 Å². The van der Waals surface area contributed by atoms with E-state index in [0.29, 0.717) is 6.61 Å². The van der Waals surface area contributed by atoms with Crippen molar-refractivity contribution in [2.24, 2.45) is 0 Å². The van der Waals surface area contributed by atoms with E-state index in [1.54, 1.807) is 0 Å². The van der Waals surface area contributed by atoms with Gasteiger partial charge in [0.25, 0.3) is 0 Å². The first-order valence-electron chi connectivity index (χ1n) is 6.80. The van der Waals surface area contributed by atoms with Crippen molar-refractivity contribution in [1.82, 2.24) is 5.32 Å². The Kier molecular flexibility index (Phi) is 5.30. The Morgan fingerprint density at radius 2 is 2.32 bits per heavy atom. The molecule has 1 N–H and O–H groups in total. The number of ether oxygens (including phenoxy) is 1. The fraction of sp³-hybridized carbons (Fsp3) is 0.294. The minimum atomic E-state index is 0.614. The summed E-state index contributed by atoms with van der Waals surface area (Å²) >= 11 is 0. The lowest BCUT2D eigenvalue weighted by atomic mass is 10.2. The predicted molar refractivity (Wildman–Crippen MR) is 80.5 cm³/mol. The molecular weight excluding hydrogens is 234 g/mol. The van der Waals surface area contributed by atoms with Gasteiger partial charge in [0.1, 0.15) is 12.9 Å². The smallest absolute Gasteiger partial charge is 0.113 e. The summed E-state index contributed by atoms with van der Waals surface area (Å²) in [7, 11) is 0. The molecular formula is C17H21NO. The van der Waals surface area contributed by atoms with E-state index in [9.17, 15) is 0 Å². The van der Waals surface area contributed by atoms with Gasteiger partial charge in [0, 0.05) is 6.54 Å². The molecule has 0 spiro atoms. The zero-order valence-corrected chi connectivity index (χ0v) is 11.4. The lowest BCUT2D eigenvalue weighted by Gasteiger charge is -2.04. The molecule has 2 heteroatoms. The van der Waals surface area contributed by atoms with Crippen LogP contribution < -0.4 is 5.32 Å². The number of rotatable bonds is 4. The van der Waals surface area contributed by atoms with Crippen LogP contribution in [0.4, 0.5) is 0 Å². The highest BCUT2D eigenvalue weighted by Gasteiger charge is 2.11. The molecule has 0 radical (unpaired) electrons. The molecule has 0 bridgehead atoms. The maximum absolute atomic E-state index is 5.68. The third kappa shape index (κ3) is 4.32. The van der Waals surface area contributed by atoms with E-state index in [2.05, 4.69) is 47.8 Å². The van der Waals surface area contributed by atoms with E-state index in [1.165, 1.54) is 11.1 Å². The van der Waals surface area contributed by atoms with E-state index in [1.807, 2.05) is 19.3 Å². The molecule has 19 heavy (non-hydrogen) atoms. The molecule has 0 aromatic carbocycles. The SMILES string of the molecule is C\C=C/C=C1/CCN/C1=C\OCC1=CC=CCC=C1. The van der Waals surface area contributed by atoms with Crippen LogP contribution in [0.1, 0.15) is 19.8 Å². The lowest BCUT2D eigenvalue weighted by Crippen LogP contribution is -2.05. The zero-order valence-electron chi connectivity index (χ0n) is 11.4. The Balaban J connectivity index is 1.91. The van der Waals surface area contributed by atoms with E-state index >= 15 is 0 Å². The van der Waals surface area contributed by atoms with Crippen LogP contribution in [-0.4, -0.2) is 13.2 Å². The summed E-state index contributed by atoms with van der Waals surface area (Å²) in [5, 5.41) is 3.35. The summed E-state index contributed by atoms with van der Waals surface area (Å²) in [6.07, 6.45) is 20.7. The average molecular weight is 255 g/mol. The zero-order chi connectivity index (χ0) is 13.3. The standard InChI is InChI=1S/C17H21NO/c1-2-3-10-16-11-12-18-17(16)14-19-13-15-8-6-4-5-7-9-15/h2-4,6-10,14,18H,5,11-13H2,1H3/b3-2-,16-10-,17-14-. The van der Waals surface area contributed by atoms with Crippen LogP contribution in [-0.2, 0) is 4.74 Å². The largest absolute Gasteiger partial charge is 0.494 e. The summed E-state index contributed by atoms with van der Waals surface area (Å²) in [6, 6.07) is 0. The molecule has 0 aromatic heterocycles. The highest BCUT2D eigenvalue weighted by Crippen LogP contribution is 2.18. The number of hydrogen-bond acceptors (Lipinski definition) is 2. The molecule has 2 rings (SSSR count). The van der Waals surface area contributed by atoms with Gasteiger partial charge in [0.15, 0.2) is 0 Å². The fourth-order valence-electron chi connectivity index (χ4n) is 2.02. The Bertz CT molecular complexity index is 475. The Morgan fingerprint density at radius 3 is 3.21 bits per heavy atom. The Hall–Kier alpha value is -1.96. The third-order valence-electron chi connectivity index (χ3n) is 3.05. The third-order valence-corrected chi connectivity index (χ3v) is 3.05. The first kappa shape index (κ1) is 13.5. The molecule has 0 amide bonds. The highest BCUT2D eigenvalue weighted by atomic mass is 16.5. The van der Waals surface area contributed by atoms with Crippen LogP contribution in [0, 0.1) is 0 Å². The number of nitrogens with one attached hydrogen (secondary N) is 1. The molecule has 1 fully saturated rings. The Morgan fingerprint density at radius 1 is 1.37 bits per heavy atom. The monoisotopic (exact) mass is 255 g/mol. The fourth-order valence-corrected chi connectivity index (χ4v) is 2.02. The molecule has 0 unspecified atom stereocenters. The predicted octanol–water partition coefficient (Wildman–Crippen LogP) is 3.78. The first-order chi connectivity index (χ1) is 9.40. The average Bonchev–Trinajstić information content (AvgIpc) is 2.70. The maximum Gasteiger partial charge on any atom is 0.113 e. The van der Waals surface area contributed by atoms with E-state index in [4.69, 9.17) is 4.74 Å². The van der Waals surface area contributed by atoms with E-state index in [-0.39, 0.29) is 0 Å². The molecule has 100 valence electrons. The van der Waals surface area contributed by atoms with Crippen molar-refractivity contribution in [3.05, 3.63) is 71.7 Å². The number of allylic oxidation sites excluding steroid dienone is 8. The van der Waals surface area contributed by atoms with Crippen LogP contribution in [0.15, 0.2) is 71.7 Å². The van der Waals surface area contributed by atoms with Crippen molar-refractivity contribution in [2.75, 3.05) is 13.2 Å². The van der Waals surface area contributed by atoms with Crippen LogP contribution in [0.2, 0.25) is 0 Å². The molecule has 2 nitrogen and oxygen atoms in total. The van der Waals surface area contributed by atoms with Crippen molar-refractivity contribution < 1.29 is 4.74 Å². The molecule has 0 saturated carbocycles. The first-order valence-corrected chi connectivity index (χ1v) is 6.80. The summed E-state index contributed by atoms with van der Waals surface area (Å²) in [6.45, 7) is 3.63. The minimum absolute atomic E-state index is 0.614. The second-order valence-electron chi connectivity index (χ2n) is 4.54. The van der Waals surface area contributed by atoms with Gasteiger partial charge < -0.3 is 10.1 Å². The van der Waals surface area contributed by atoms with E-state index in [0.717, 1.165) is 25.1 Å². The van der Waals surface area contributed by atoms with Gasteiger partial charge in [-0.2, -0.15) is 0 Å². The van der Waals surface area contributed by atoms with Crippen LogP contribution >= 0.6 is 0 Å². The minimum Gasteiger partial charge on any atom is -0.494 e. The van der Waals surface area contributed by atoms with Crippen molar-refractivity contribution in [2.45, 2.75) is 19.8 Å². The van der Waals surface area contributed by atoms with Gasteiger partial charge >= 0.3 is 0 Å². The molecule has 1 aliphatic heterocycles. The second-order valence-corrected chi connectivity index (χ2v) is 4.54. The normalized spacial score (nSPS) is 22.9. The number of hydrogen-bond donors (Lipinski definition) is 1. The van der Waals surface area contributed by atoms with Crippen LogP contribution in [0.3, 0.4) is 0 Å². The molecule has 1 aliphatic carbocycles. The summed E-state index contributed by atoms with van der Waals surface area (Å²) in [5.41, 5.74) is 3.61. The summed E-state index contributed by atoms with van der Waals surface area (Å²) in [4.78, 5) is 0. The van der Waals surface area contributed by atoms with Gasteiger partial charge in [-0.15, -0.1) is 0 Å². The topological polar surface area (TPSA) is 21.3 Å². The van der Waals surface area contributed by atoms with Crippen molar-refractivity contribution in [3.8, 4) is 0 Å². The molecule has 1 heterocycles. The molecule has 2 aliphatic rings. The van der Waals surface area contributed by atoms with Crippen LogP contribution in [0.5, 0.6) is 0 Å². The van der Waals surface area contributed by atoms with Gasteiger partial charge in [-0.25, -0.2) is 0 Å². The second kappa shape index (κ2) is 7.47. The Labute approximate surface area is 115 Å². The molecule has 0 aromatic rings. The van der Waals surface area contributed by atoms with Gasteiger partial charge in [-0.1, -0.05) is 48.6 Å². The maximum atomic E-state index is 5.68. The van der Waals surface area contributed by atoms with Crippen LogP contribution in [0.25, 0.3) is 0 Å². The van der Waals surface area contributed by atoms with Gasteiger partial charge in [0.2, 0.25) is 0 Å². The van der Waals surface area contributed by atoms with Gasteiger partial charge in [-0.3, -0.25) is 0 Å².